The summed E-state index contributed by atoms with van der Waals surface area (Å²) < 4.78 is 15.1. The van der Waals surface area contributed by atoms with Gasteiger partial charge in [-0.2, -0.15) is 0 Å². The van der Waals surface area contributed by atoms with E-state index in [-0.39, 0.29) is 11.7 Å². The van der Waals surface area contributed by atoms with E-state index in [2.05, 4.69) is 15.6 Å². The van der Waals surface area contributed by atoms with Crippen LogP contribution in [0.5, 0.6) is 0 Å². The van der Waals surface area contributed by atoms with Crippen molar-refractivity contribution in [3.8, 4) is 11.1 Å². The van der Waals surface area contributed by atoms with Crippen LogP contribution in [0.1, 0.15) is 44.2 Å². The number of nitrogens with zero attached hydrogens (tertiary/aromatic N) is 3. The smallest absolute Gasteiger partial charge is 0.224 e. The summed E-state index contributed by atoms with van der Waals surface area (Å²) in [7, 11) is 0. The number of halogens is 1. The van der Waals surface area contributed by atoms with Gasteiger partial charge in [0.2, 0.25) is 5.91 Å². The van der Waals surface area contributed by atoms with Crippen LogP contribution < -0.4 is 11.1 Å². The normalized spacial score (nSPS) is 14.1. The predicted molar refractivity (Wildman–Crippen MR) is 120 cm³/mol. The lowest BCUT2D eigenvalue weighted by Crippen LogP contribution is -2.13. The standard InChI is InChI=1S/C24H28FN5O/c25-20-8-5-18(6-9-20)19-7-11-22(26)23(15-19)27-24(31)12-10-21-16-30(29-28-21)14-13-17-3-1-2-4-17/h5-9,11,15-17H,1-4,10,12-14,26H2,(H,27,31). The molecule has 1 aliphatic rings. The van der Waals surface area contributed by atoms with E-state index in [1.54, 1.807) is 24.3 Å². The first-order chi connectivity index (χ1) is 15.1. The van der Waals surface area contributed by atoms with Gasteiger partial charge in [-0.15, -0.1) is 5.10 Å². The maximum absolute atomic E-state index is 13.2. The Bertz CT molecular complexity index is 1020. The lowest BCUT2D eigenvalue weighted by atomic mass is 10.0. The Morgan fingerprint density at radius 3 is 2.65 bits per heavy atom. The minimum absolute atomic E-state index is 0.136. The molecule has 0 bridgehead atoms. The van der Waals surface area contributed by atoms with E-state index >= 15 is 0 Å². The summed E-state index contributed by atoms with van der Waals surface area (Å²) in [4.78, 5) is 12.5. The van der Waals surface area contributed by atoms with Crippen molar-refractivity contribution < 1.29 is 9.18 Å². The van der Waals surface area contributed by atoms with Gasteiger partial charge in [0.05, 0.1) is 17.1 Å². The Balaban J connectivity index is 1.30. The molecule has 0 radical (unpaired) electrons. The Hall–Kier alpha value is -3.22. The molecule has 7 heteroatoms. The topological polar surface area (TPSA) is 85.8 Å². The van der Waals surface area contributed by atoms with Gasteiger partial charge in [-0.3, -0.25) is 9.48 Å². The minimum Gasteiger partial charge on any atom is -0.397 e. The average molecular weight is 422 g/mol. The summed E-state index contributed by atoms with van der Waals surface area (Å²) in [5.74, 6) is 0.390. The number of nitrogens with two attached hydrogens (primary N) is 1. The third kappa shape index (κ3) is 5.69. The molecule has 1 heterocycles. The second-order valence-electron chi connectivity index (χ2n) is 8.27. The SMILES string of the molecule is Nc1ccc(-c2ccc(F)cc2)cc1NC(=O)CCc1cn(CCC2CCCC2)nn1. The maximum atomic E-state index is 13.2. The molecule has 162 valence electrons. The fraction of sp³-hybridized carbons (Fsp3) is 0.375. The number of nitrogen functional groups attached to an aromatic ring is 1. The number of carbonyl (C=O) groups is 1. The summed E-state index contributed by atoms with van der Waals surface area (Å²) in [6.45, 7) is 0.885. The summed E-state index contributed by atoms with van der Waals surface area (Å²) in [6.07, 6.45) is 9.24. The molecule has 1 aliphatic carbocycles. The third-order valence-corrected chi connectivity index (χ3v) is 5.94. The van der Waals surface area contributed by atoms with Crippen molar-refractivity contribution in [3.05, 3.63) is 60.2 Å². The molecule has 2 aromatic carbocycles. The number of aryl methyl sites for hydroxylation is 2. The maximum Gasteiger partial charge on any atom is 0.224 e. The van der Waals surface area contributed by atoms with Crippen molar-refractivity contribution in [2.75, 3.05) is 11.1 Å². The first-order valence-corrected chi connectivity index (χ1v) is 10.9. The monoisotopic (exact) mass is 421 g/mol. The molecule has 1 aromatic heterocycles. The van der Waals surface area contributed by atoms with Gasteiger partial charge in [-0.1, -0.05) is 49.1 Å². The zero-order valence-electron chi connectivity index (χ0n) is 17.6. The van der Waals surface area contributed by atoms with Crippen LogP contribution in [0.3, 0.4) is 0 Å². The van der Waals surface area contributed by atoms with E-state index in [0.717, 1.165) is 35.7 Å². The Morgan fingerprint density at radius 2 is 1.87 bits per heavy atom. The van der Waals surface area contributed by atoms with E-state index in [1.807, 2.05) is 16.9 Å². The summed E-state index contributed by atoms with van der Waals surface area (Å²) >= 11 is 0. The van der Waals surface area contributed by atoms with Crippen molar-refractivity contribution in [3.63, 3.8) is 0 Å². The van der Waals surface area contributed by atoms with Crippen LogP contribution in [0.2, 0.25) is 0 Å². The van der Waals surface area contributed by atoms with Crippen LogP contribution in [0.4, 0.5) is 15.8 Å². The van der Waals surface area contributed by atoms with Crippen molar-refractivity contribution in [2.24, 2.45) is 5.92 Å². The number of hydrogen-bond donors (Lipinski definition) is 2. The Kier molecular flexibility index (Phi) is 6.60. The van der Waals surface area contributed by atoms with Gasteiger partial charge in [-0.05, 0) is 47.7 Å². The molecule has 3 aromatic rings. The van der Waals surface area contributed by atoms with Crippen molar-refractivity contribution in [2.45, 2.75) is 51.5 Å². The molecule has 4 rings (SSSR count). The van der Waals surface area contributed by atoms with Gasteiger partial charge in [-0.25, -0.2) is 4.39 Å². The molecule has 0 spiro atoms. The summed E-state index contributed by atoms with van der Waals surface area (Å²) in [5.41, 5.74) is 9.59. The lowest BCUT2D eigenvalue weighted by molar-refractivity contribution is -0.116. The van der Waals surface area contributed by atoms with Gasteiger partial charge in [0.25, 0.3) is 0 Å². The van der Waals surface area contributed by atoms with E-state index < -0.39 is 0 Å². The number of carbonyl (C=O) groups excluding carboxylic acids is 1. The van der Waals surface area contributed by atoms with E-state index in [9.17, 15) is 9.18 Å². The minimum atomic E-state index is -0.289. The number of rotatable bonds is 8. The Morgan fingerprint density at radius 1 is 1.13 bits per heavy atom. The number of amides is 1. The van der Waals surface area contributed by atoms with Gasteiger partial charge in [0, 0.05) is 25.6 Å². The highest BCUT2D eigenvalue weighted by Crippen LogP contribution is 2.28. The highest BCUT2D eigenvalue weighted by atomic mass is 19.1. The summed E-state index contributed by atoms with van der Waals surface area (Å²) in [6, 6.07) is 11.6. The molecule has 1 fully saturated rings. The van der Waals surface area contributed by atoms with Crippen molar-refractivity contribution >= 4 is 17.3 Å². The van der Waals surface area contributed by atoms with Crippen LogP contribution in [0.25, 0.3) is 11.1 Å². The highest BCUT2D eigenvalue weighted by molar-refractivity contribution is 5.95. The molecule has 31 heavy (non-hydrogen) atoms. The largest absolute Gasteiger partial charge is 0.397 e. The number of hydrogen-bond acceptors (Lipinski definition) is 4. The van der Waals surface area contributed by atoms with E-state index in [0.29, 0.717) is 24.2 Å². The second-order valence-corrected chi connectivity index (χ2v) is 8.27. The molecule has 0 atom stereocenters. The van der Waals surface area contributed by atoms with Crippen molar-refractivity contribution in [1.82, 2.24) is 15.0 Å². The third-order valence-electron chi connectivity index (χ3n) is 5.94. The van der Waals surface area contributed by atoms with Crippen LogP contribution in [-0.4, -0.2) is 20.9 Å². The second kappa shape index (κ2) is 9.73. The predicted octanol–water partition coefficient (Wildman–Crippen LogP) is 4.82. The van der Waals surface area contributed by atoms with E-state index in [1.165, 1.54) is 37.8 Å². The fourth-order valence-corrected chi connectivity index (χ4v) is 4.12. The zero-order chi connectivity index (χ0) is 21.6. The van der Waals surface area contributed by atoms with Crippen LogP contribution in [-0.2, 0) is 17.8 Å². The van der Waals surface area contributed by atoms with Gasteiger partial charge < -0.3 is 11.1 Å². The van der Waals surface area contributed by atoms with Crippen LogP contribution in [0, 0.1) is 11.7 Å². The summed E-state index contributed by atoms with van der Waals surface area (Å²) in [5, 5.41) is 11.3. The molecular weight excluding hydrogens is 393 g/mol. The molecule has 0 saturated heterocycles. The molecule has 0 aliphatic heterocycles. The van der Waals surface area contributed by atoms with Crippen LogP contribution >= 0.6 is 0 Å². The first kappa shape index (κ1) is 21.0. The quantitative estimate of drug-likeness (QED) is 0.511. The molecule has 3 N–H and O–H groups in total. The molecular formula is C24H28FN5O. The van der Waals surface area contributed by atoms with Gasteiger partial charge in [0.1, 0.15) is 5.82 Å². The number of aromatic nitrogens is 3. The number of benzene rings is 2. The fourth-order valence-electron chi connectivity index (χ4n) is 4.12. The number of anilines is 2. The Labute approximate surface area is 181 Å². The zero-order valence-corrected chi connectivity index (χ0v) is 17.6. The van der Waals surface area contributed by atoms with E-state index in [4.69, 9.17) is 5.73 Å². The van der Waals surface area contributed by atoms with Gasteiger partial charge >= 0.3 is 0 Å². The van der Waals surface area contributed by atoms with Crippen LogP contribution in [0.15, 0.2) is 48.7 Å². The number of nitrogens with one attached hydrogen (secondary N) is 1. The highest BCUT2D eigenvalue weighted by Gasteiger charge is 2.15. The molecule has 1 amide bonds. The molecule has 6 nitrogen and oxygen atoms in total. The molecule has 1 saturated carbocycles. The first-order valence-electron chi connectivity index (χ1n) is 10.9. The van der Waals surface area contributed by atoms with Crippen molar-refractivity contribution in [1.29, 1.82) is 0 Å². The average Bonchev–Trinajstić information content (AvgIpc) is 3.45. The molecule has 0 unspecified atom stereocenters. The lowest BCUT2D eigenvalue weighted by Gasteiger charge is -2.10. The van der Waals surface area contributed by atoms with Gasteiger partial charge in [0.15, 0.2) is 0 Å².